The molecule has 2 atom stereocenters. The predicted octanol–water partition coefficient (Wildman–Crippen LogP) is 0.298. The number of carbonyl (C=O) groups is 2. The van der Waals surface area contributed by atoms with Crippen molar-refractivity contribution >= 4 is 11.9 Å². The Balaban J connectivity index is 1.88. The molecule has 7 heteroatoms. The molecule has 1 aliphatic rings. The predicted molar refractivity (Wildman–Crippen MR) is 72.1 cm³/mol. The van der Waals surface area contributed by atoms with Gasteiger partial charge in [0.25, 0.3) is 0 Å². The van der Waals surface area contributed by atoms with Gasteiger partial charge in [0.2, 0.25) is 12.7 Å². The average molecular weight is 295 g/mol. The van der Waals surface area contributed by atoms with Gasteiger partial charge in [-0.3, -0.25) is 4.79 Å². The number of nitrogens with one attached hydrogen (secondary N) is 1. The fraction of sp³-hybridized carbons (Fsp3) is 0.429. The first-order valence-electron chi connectivity index (χ1n) is 6.56. The Morgan fingerprint density at radius 2 is 2.05 bits per heavy atom. The summed E-state index contributed by atoms with van der Waals surface area (Å²) in [5.74, 6) is -0.383. The van der Waals surface area contributed by atoms with Crippen molar-refractivity contribution in [3.05, 3.63) is 23.8 Å². The van der Waals surface area contributed by atoms with Crippen LogP contribution >= 0.6 is 0 Å². The number of aryl methyl sites for hydroxylation is 1. The number of fused-ring (bicyclic) bond motifs is 1. The van der Waals surface area contributed by atoms with Gasteiger partial charge in [-0.2, -0.15) is 0 Å². The maximum Gasteiger partial charge on any atom is 0.328 e. The number of benzene rings is 1. The van der Waals surface area contributed by atoms with E-state index >= 15 is 0 Å². The van der Waals surface area contributed by atoms with E-state index in [2.05, 4.69) is 5.32 Å². The highest BCUT2D eigenvalue weighted by Gasteiger charge is 2.24. The van der Waals surface area contributed by atoms with Crippen molar-refractivity contribution in [2.75, 3.05) is 6.79 Å². The number of hydrogen-bond acceptors (Lipinski definition) is 5. The Labute approximate surface area is 121 Å². The highest BCUT2D eigenvalue weighted by molar-refractivity contribution is 5.84. The lowest BCUT2D eigenvalue weighted by Gasteiger charge is -2.16. The van der Waals surface area contributed by atoms with Crippen LogP contribution in [0.1, 0.15) is 18.9 Å². The number of ether oxygens (including phenoxy) is 2. The standard InChI is InChI=1S/C14H17NO6/c1-8(16)13(14(18)19)15-12(17)5-3-9-2-4-10-11(6-9)21-7-20-10/h2,4,6,8,13,16H,3,5,7H2,1H3,(H,15,17)(H,18,19)/t8-,13+/m1/s1. The molecule has 0 unspecified atom stereocenters. The molecule has 0 radical (unpaired) electrons. The van der Waals surface area contributed by atoms with E-state index in [1.54, 1.807) is 12.1 Å². The molecule has 1 amide bonds. The molecule has 1 aromatic carbocycles. The minimum Gasteiger partial charge on any atom is -0.480 e. The van der Waals surface area contributed by atoms with Gasteiger partial charge in [-0.25, -0.2) is 4.79 Å². The Morgan fingerprint density at radius 1 is 1.33 bits per heavy atom. The first-order chi connectivity index (χ1) is 9.97. The minimum absolute atomic E-state index is 0.121. The molecule has 0 saturated heterocycles. The van der Waals surface area contributed by atoms with E-state index in [0.29, 0.717) is 17.9 Å². The fourth-order valence-electron chi connectivity index (χ4n) is 1.99. The van der Waals surface area contributed by atoms with Crippen LogP contribution in [0.25, 0.3) is 0 Å². The maximum absolute atomic E-state index is 11.7. The van der Waals surface area contributed by atoms with Gasteiger partial charge in [0, 0.05) is 6.42 Å². The SMILES string of the molecule is C[C@@H](O)[C@H](NC(=O)CCc1ccc2c(c1)OCO2)C(=O)O. The molecule has 1 heterocycles. The third kappa shape index (κ3) is 3.85. The van der Waals surface area contributed by atoms with Gasteiger partial charge in [0.1, 0.15) is 0 Å². The fourth-order valence-corrected chi connectivity index (χ4v) is 1.99. The largest absolute Gasteiger partial charge is 0.480 e. The van der Waals surface area contributed by atoms with E-state index < -0.39 is 24.0 Å². The topological polar surface area (TPSA) is 105 Å². The maximum atomic E-state index is 11.7. The number of carbonyl (C=O) groups excluding carboxylic acids is 1. The Hall–Kier alpha value is -2.28. The van der Waals surface area contributed by atoms with Crippen molar-refractivity contribution < 1.29 is 29.3 Å². The smallest absolute Gasteiger partial charge is 0.328 e. The second-order valence-corrected chi connectivity index (χ2v) is 4.81. The number of carboxylic acid groups (broad SMARTS) is 1. The summed E-state index contributed by atoms with van der Waals surface area (Å²) in [6, 6.07) is 4.09. The first-order valence-corrected chi connectivity index (χ1v) is 6.56. The van der Waals surface area contributed by atoms with Gasteiger partial charge in [-0.15, -0.1) is 0 Å². The van der Waals surface area contributed by atoms with Crippen LogP contribution in [-0.2, 0) is 16.0 Å². The summed E-state index contributed by atoms with van der Waals surface area (Å²) >= 11 is 0. The van der Waals surface area contributed by atoms with E-state index in [-0.39, 0.29) is 13.2 Å². The van der Waals surface area contributed by atoms with E-state index in [4.69, 9.17) is 14.6 Å². The summed E-state index contributed by atoms with van der Waals surface area (Å²) in [4.78, 5) is 22.6. The lowest BCUT2D eigenvalue weighted by atomic mass is 10.1. The summed E-state index contributed by atoms with van der Waals surface area (Å²) in [7, 11) is 0. The number of aliphatic carboxylic acids is 1. The molecule has 1 aliphatic heterocycles. The van der Waals surface area contributed by atoms with E-state index in [1.165, 1.54) is 6.92 Å². The second kappa shape index (κ2) is 6.45. The molecule has 114 valence electrons. The molecular weight excluding hydrogens is 278 g/mol. The summed E-state index contributed by atoms with van der Waals surface area (Å²) in [5.41, 5.74) is 0.887. The van der Waals surface area contributed by atoms with Crippen LogP contribution in [0.15, 0.2) is 18.2 Å². The number of amides is 1. The van der Waals surface area contributed by atoms with Crippen LogP contribution in [-0.4, -0.2) is 41.0 Å². The normalized spacial score (nSPS) is 15.3. The summed E-state index contributed by atoms with van der Waals surface area (Å²) in [6.07, 6.45) is -0.595. The highest BCUT2D eigenvalue weighted by atomic mass is 16.7. The molecule has 21 heavy (non-hydrogen) atoms. The van der Waals surface area contributed by atoms with Crippen LogP contribution in [0.5, 0.6) is 11.5 Å². The Kier molecular flexibility index (Phi) is 4.64. The van der Waals surface area contributed by atoms with Crippen molar-refractivity contribution in [2.45, 2.75) is 31.9 Å². The molecule has 0 aromatic heterocycles. The Bertz CT molecular complexity index is 542. The van der Waals surface area contributed by atoms with Crippen LogP contribution in [0.2, 0.25) is 0 Å². The molecule has 0 fully saturated rings. The molecule has 1 aromatic rings. The quantitative estimate of drug-likeness (QED) is 0.697. The molecule has 3 N–H and O–H groups in total. The summed E-state index contributed by atoms with van der Waals surface area (Å²) in [5, 5.41) is 20.5. The monoisotopic (exact) mass is 295 g/mol. The zero-order valence-electron chi connectivity index (χ0n) is 11.5. The number of rotatable bonds is 6. The Morgan fingerprint density at radius 3 is 2.71 bits per heavy atom. The van der Waals surface area contributed by atoms with Gasteiger partial charge in [0.05, 0.1) is 6.10 Å². The molecular formula is C14H17NO6. The van der Waals surface area contributed by atoms with Gasteiger partial charge < -0.3 is 25.0 Å². The molecule has 0 spiro atoms. The van der Waals surface area contributed by atoms with E-state index in [0.717, 1.165) is 5.56 Å². The lowest BCUT2D eigenvalue weighted by Crippen LogP contribution is -2.47. The number of carboxylic acids is 1. The molecule has 0 saturated carbocycles. The molecule has 0 aliphatic carbocycles. The van der Waals surface area contributed by atoms with Crippen molar-refractivity contribution in [2.24, 2.45) is 0 Å². The van der Waals surface area contributed by atoms with Crippen molar-refractivity contribution in [1.29, 1.82) is 0 Å². The van der Waals surface area contributed by atoms with Crippen LogP contribution in [0.4, 0.5) is 0 Å². The van der Waals surface area contributed by atoms with Crippen molar-refractivity contribution in [3.8, 4) is 11.5 Å². The minimum atomic E-state index is -1.30. The average Bonchev–Trinajstić information content (AvgIpc) is 2.89. The molecule has 2 rings (SSSR count). The number of hydrogen-bond donors (Lipinski definition) is 3. The molecule has 7 nitrogen and oxygen atoms in total. The highest BCUT2D eigenvalue weighted by Crippen LogP contribution is 2.32. The zero-order chi connectivity index (χ0) is 15.4. The van der Waals surface area contributed by atoms with E-state index in [9.17, 15) is 14.7 Å². The number of aliphatic hydroxyl groups excluding tert-OH is 1. The van der Waals surface area contributed by atoms with Crippen LogP contribution in [0.3, 0.4) is 0 Å². The second-order valence-electron chi connectivity index (χ2n) is 4.81. The zero-order valence-corrected chi connectivity index (χ0v) is 11.5. The van der Waals surface area contributed by atoms with Crippen molar-refractivity contribution in [3.63, 3.8) is 0 Å². The van der Waals surface area contributed by atoms with E-state index in [1.807, 2.05) is 6.07 Å². The first kappa shape index (κ1) is 15.1. The van der Waals surface area contributed by atoms with Crippen LogP contribution in [0, 0.1) is 0 Å². The number of aliphatic hydroxyl groups is 1. The third-order valence-corrected chi connectivity index (χ3v) is 3.14. The van der Waals surface area contributed by atoms with Gasteiger partial charge in [-0.05, 0) is 31.0 Å². The lowest BCUT2D eigenvalue weighted by molar-refractivity contribution is -0.144. The third-order valence-electron chi connectivity index (χ3n) is 3.14. The van der Waals surface area contributed by atoms with Crippen molar-refractivity contribution in [1.82, 2.24) is 5.32 Å². The van der Waals surface area contributed by atoms with Crippen LogP contribution < -0.4 is 14.8 Å². The van der Waals surface area contributed by atoms with Gasteiger partial charge >= 0.3 is 5.97 Å². The summed E-state index contributed by atoms with van der Waals surface area (Å²) in [6.45, 7) is 1.50. The summed E-state index contributed by atoms with van der Waals surface area (Å²) < 4.78 is 10.4. The molecule has 0 bridgehead atoms. The van der Waals surface area contributed by atoms with Gasteiger partial charge in [0.15, 0.2) is 17.5 Å². The van der Waals surface area contributed by atoms with Gasteiger partial charge in [-0.1, -0.05) is 6.07 Å².